The van der Waals surface area contributed by atoms with Gasteiger partial charge in [0.1, 0.15) is 0 Å². The minimum absolute atomic E-state index is 0.363. The van der Waals surface area contributed by atoms with Crippen molar-refractivity contribution in [3.05, 3.63) is 0 Å². The summed E-state index contributed by atoms with van der Waals surface area (Å²) in [7, 11) is 1.10. The zero-order valence-corrected chi connectivity index (χ0v) is 7.44. The summed E-state index contributed by atoms with van der Waals surface area (Å²) >= 11 is 0. The molecule has 0 bridgehead atoms. The molecule has 0 aromatic carbocycles. The van der Waals surface area contributed by atoms with E-state index in [1.54, 1.807) is 0 Å². The van der Waals surface area contributed by atoms with Crippen molar-refractivity contribution in [1.82, 2.24) is 10.2 Å². The summed E-state index contributed by atoms with van der Waals surface area (Å²) in [5.41, 5.74) is 0. The second-order valence-corrected chi connectivity index (χ2v) is 3.15. The van der Waals surface area contributed by atoms with Crippen molar-refractivity contribution in [2.75, 3.05) is 20.1 Å². The number of carbonyl (C=O) groups is 1. The van der Waals surface area contributed by atoms with E-state index in [9.17, 15) is 22.4 Å². The first kappa shape index (κ1) is 11.2. The standard InChI is InChI=1S/C7H10F4N2O/c1-13(4-2-12-3-4)6(14)7(10,11)5(8)9/h4-5,12H,2-3H2,1H3. The van der Waals surface area contributed by atoms with Crippen LogP contribution in [0.25, 0.3) is 0 Å². The van der Waals surface area contributed by atoms with Gasteiger partial charge in [-0.15, -0.1) is 0 Å². The van der Waals surface area contributed by atoms with Gasteiger partial charge in [-0.1, -0.05) is 0 Å². The minimum Gasteiger partial charge on any atom is -0.335 e. The summed E-state index contributed by atoms with van der Waals surface area (Å²) in [6.07, 6.45) is -3.95. The summed E-state index contributed by atoms with van der Waals surface area (Å²) in [5, 5.41) is 2.75. The van der Waals surface area contributed by atoms with Gasteiger partial charge in [-0.25, -0.2) is 8.78 Å². The molecule has 0 unspecified atom stereocenters. The number of alkyl halides is 4. The van der Waals surface area contributed by atoms with Crippen LogP contribution in [-0.4, -0.2) is 49.3 Å². The monoisotopic (exact) mass is 214 g/mol. The first-order valence-electron chi connectivity index (χ1n) is 4.01. The quantitative estimate of drug-likeness (QED) is 0.686. The van der Waals surface area contributed by atoms with E-state index >= 15 is 0 Å². The largest absolute Gasteiger partial charge is 0.383 e. The zero-order valence-electron chi connectivity index (χ0n) is 7.44. The maximum atomic E-state index is 12.5. The van der Waals surface area contributed by atoms with Gasteiger partial charge in [-0.05, 0) is 0 Å². The van der Waals surface area contributed by atoms with E-state index in [2.05, 4.69) is 5.32 Å². The Balaban J connectivity index is 2.63. The highest BCUT2D eigenvalue weighted by molar-refractivity contribution is 5.84. The van der Waals surface area contributed by atoms with Crippen molar-refractivity contribution in [2.24, 2.45) is 0 Å². The summed E-state index contributed by atoms with van der Waals surface area (Å²) in [6.45, 7) is 0.725. The maximum Gasteiger partial charge on any atom is 0.383 e. The average molecular weight is 214 g/mol. The summed E-state index contributed by atoms with van der Waals surface area (Å²) < 4.78 is 48.7. The smallest absolute Gasteiger partial charge is 0.335 e. The van der Waals surface area contributed by atoms with Gasteiger partial charge in [-0.2, -0.15) is 8.78 Å². The predicted molar refractivity (Wildman–Crippen MR) is 40.4 cm³/mol. The molecule has 1 aliphatic heterocycles. The normalized spacial score (nSPS) is 18.1. The Bertz CT molecular complexity index is 230. The molecule has 14 heavy (non-hydrogen) atoms. The summed E-state index contributed by atoms with van der Waals surface area (Å²) in [5.74, 6) is -6.40. The van der Waals surface area contributed by atoms with Crippen molar-refractivity contribution in [1.29, 1.82) is 0 Å². The second kappa shape index (κ2) is 3.72. The van der Waals surface area contributed by atoms with E-state index in [0.717, 1.165) is 7.05 Å². The van der Waals surface area contributed by atoms with Crippen LogP contribution in [0.5, 0.6) is 0 Å². The molecule has 0 aromatic heterocycles. The zero-order chi connectivity index (χ0) is 10.9. The van der Waals surface area contributed by atoms with Crippen LogP contribution in [0.15, 0.2) is 0 Å². The van der Waals surface area contributed by atoms with Crippen LogP contribution in [0.4, 0.5) is 17.6 Å². The third kappa shape index (κ3) is 1.82. The van der Waals surface area contributed by atoms with Crippen LogP contribution in [0.1, 0.15) is 0 Å². The first-order chi connectivity index (χ1) is 6.37. The van der Waals surface area contributed by atoms with Crippen molar-refractivity contribution in [3.8, 4) is 0 Å². The molecule has 0 radical (unpaired) electrons. The molecule has 7 heteroatoms. The van der Waals surface area contributed by atoms with Gasteiger partial charge in [0.15, 0.2) is 0 Å². The number of amides is 1. The Morgan fingerprint density at radius 1 is 1.50 bits per heavy atom. The van der Waals surface area contributed by atoms with Crippen LogP contribution >= 0.6 is 0 Å². The molecule has 1 amide bonds. The number of hydrogen-bond donors (Lipinski definition) is 1. The lowest BCUT2D eigenvalue weighted by Crippen LogP contribution is -2.61. The lowest BCUT2D eigenvalue weighted by molar-refractivity contribution is -0.182. The molecule has 0 aliphatic carbocycles. The van der Waals surface area contributed by atoms with Gasteiger partial charge in [0, 0.05) is 20.1 Å². The van der Waals surface area contributed by atoms with E-state index in [0.29, 0.717) is 18.0 Å². The minimum atomic E-state index is -4.58. The van der Waals surface area contributed by atoms with Crippen LogP contribution in [0.3, 0.4) is 0 Å². The first-order valence-corrected chi connectivity index (χ1v) is 4.01. The molecule has 82 valence electrons. The molecule has 1 fully saturated rings. The molecule has 3 nitrogen and oxygen atoms in total. The number of halogens is 4. The Morgan fingerprint density at radius 3 is 2.29 bits per heavy atom. The molecule has 0 atom stereocenters. The fraction of sp³-hybridized carbons (Fsp3) is 0.857. The molecule has 0 spiro atoms. The number of nitrogens with zero attached hydrogens (tertiary/aromatic N) is 1. The Kier molecular flexibility index (Phi) is 2.98. The van der Waals surface area contributed by atoms with E-state index in [4.69, 9.17) is 0 Å². The fourth-order valence-electron chi connectivity index (χ4n) is 1.04. The third-order valence-corrected chi connectivity index (χ3v) is 2.19. The topological polar surface area (TPSA) is 32.3 Å². The lowest BCUT2D eigenvalue weighted by atomic mass is 10.1. The summed E-state index contributed by atoms with van der Waals surface area (Å²) in [6, 6.07) is -0.410. The number of likely N-dealkylation sites (N-methyl/N-ethyl adjacent to an activating group) is 1. The van der Waals surface area contributed by atoms with Crippen LogP contribution in [0.2, 0.25) is 0 Å². The van der Waals surface area contributed by atoms with Crippen molar-refractivity contribution < 1.29 is 22.4 Å². The van der Waals surface area contributed by atoms with Crippen molar-refractivity contribution in [3.63, 3.8) is 0 Å². The number of carbonyl (C=O) groups excluding carboxylic acids is 1. The van der Waals surface area contributed by atoms with Gasteiger partial charge < -0.3 is 10.2 Å². The van der Waals surface area contributed by atoms with Crippen molar-refractivity contribution >= 4 is 5.91 Å². The van der Waals surface area contributed by atoms with Gasteiger partial charge >= 0.3 is 12.3 Å². The van der Waals surface area contributed by atoms with Crippen LogP contribution < -0.4 is 5.32 Å². The highest BCUT2D eigenvalue weighted by Crippen LogP contribution is 2.26. The van der Waals surface area contributed by atoms with Gasteiger partial charge in [-0.3, -0.25) is 4.79 Å². The fourth-order valence-corrected chi connectivity index (χ4v) is 1.04. The molecule has 1 saturated heterocycles. The Labute approximate surface area is 78.1 Å². The van der Waals surface area contributed by atoms with E-state index in [-0.39, 0.29) is 0 Å². The molecular formula is C7H10F4N2O. The molecule has 1 N–H and O–H groups in total. The molecular weight excluding hydrogens is 204 g/mol. The molecule has 0 aromatic rings. The van der Waals surface area contributed by atoms with Crippen LogP contribution in [0, 0.1) is 0 Å². The maximum absolute atomic E-state index is 12.5. The number of hydrogen-bond acceptors (Lipinski definition) is 2. The summed E-state index contributed by atoms with van der Waals surface area (Å²) in [4.78, 5) is 11.6. The van der Waals surface area contributed by atoms with Gasteiger partial charge in [0.05, 0.1) is 6.04 Å². The number of nitrogens with one attached hydrogen (secondary N) is 1. The molecule has 1 rings (SSSR count). The molecule has 1 aliphatic rings. The Morgan fingerprint density at radius 2 is 2.00 bits per heavy atom. The van der Waals surface area contributed by atoms with E-state index in [1.165, 1.54) is 0 Å². The van der Waals surface area contributed by atoms with Gasteiger partial charge in [0.2, 0.25) is 0 Å². The SMILES string of the molecule is CN(C(=O)C(F)(F)C(F)F)C1CNC1. The molecule has 0 saturated carbocycles. The highest BCUT2D eigenvalue weighted by Gasteiger charge is 2.51. The average Bonchev–Trinajstić information content (AvgIpc) is 1.99. The van der Waals surface area contributed by atoms with Crippen molar-refractivity contribution in [2.45, 2.75) is 18.4 Å². The number of rotatable bonds is 3. The third-order valence-electron chi connectivity index (χ3n) is 2.19. The highest BCUT2D eigenvalue weighted by atomic mass is 19.3. The van der Waals surface area contributed by atoms with E-state index < -0.39 is 24.3 Å². The Hall–Kier alpha value is -0.850. The molecule has 1 heterocycles. The lowest BCUT2D eigenvalue weighted by Gasteiger charge is -2.36. The van der Waals surface area contributed by atoms with E-state index in [1.807, 2.05) is 0 Å². The van der Waals surface area contributed by atoms with Gasteiger partial charge in [0.25, 0.3) is 5.91 Å². The second-order valence-electron chi connectivity index (χ2n) is 3.15. The van der Waals surface area contributed by atoms with Crippen LogP contribution in [-0.2, 0) is 4.79 Å². The predicted octanol–water partition coefficient (Wildman–Crippen LogP) is 0.317.